The molecule has 0 atom stereocenters. The van der Waals surface area contributed by atoms with Gasteiger partial charge in [-0.05, 0) is 54.9 Å². The minimum Gasteiger partial charge on any atom is -0.355 e. The Morgan fingerprint density at radius 2 is 1.90 bits per heavy atom. The highest BCUT2D eigenvalue weighted by Gasteiger charge is 2.39. The molecule has 3 heterocycles. The minimum atomic E-state index is -0.239. The maximum atomic E-state index is 12.7. The molecule has 2 aromatic heterocycles. The van der Waals surface area contributed by atoms with E-state index in [0.717, 1.165) is 30.2 Å². The van der Waals surface area contributed by atoms with Crippen molar-refractivity contribution in [1.29, 1.82) is 0 Å². The Kier molecular flexibility index (Phi) is 5.18. The van der Waals surface area contributed by atoms with Crippen LogP contribution in [0.1, 0.15) is 37.7 Å². The molecular weight excluding hydrogens is 390 g/mol. The van der Waals surface area contributed by atoms with Gasteiger partial charge < -0.3 is 9.47 Å². The molecule has 1 saturated heterocycles. The molecule has 2 aliphatic rings. The maximum absolute atomic E-state index is 12.7. The van der Waals surface area contributed by atoms with Crippen LogP contribution < -0.4 is 10.5 Å². The Morgan fingerprint density at radius 3 is 2.61 bits per heavy atom. The standard InChI is InChI=1S/C24H27N5O2/c30-21(16-19-3-1-4-20(15-19)28-14-11-25-18-28)17-29-23(31)6-5-22(26-29)27-12-9-24(10-13-27)7-2-8-24/h1,3-6,11,14-15,18H,2,7-10,12-13,16-17H2. The zero-order chi connectivity index (χ0) is 21.3. The number of piperidine rings is 1. The highest BCUT2D eigenvalue weighted by Crippen LogP contribution is 2.49. The van der Waals surface area contributed by atoms with Crippen LogP contribution in [0, 0.1) is 5.41 Å². The first kappa shape index (κ1) is 19.7. The third-order valence-electron chi connectivity index (χ3n) is 6.86. The summed E-state index contributed by atoms with van der Waals surface area (Å²) in [5.74, 6) is 0.755. The minimum absolute atomic E-state index is 0.0141. The summed E-state index contributed by atoms with van der Waals surface area (Å²) in [6.45, 7) is 1.93. The zero-order valence-electron chi connectivity index (χ0n) is 17.6. The highest BCUT2D eigenvalue weighted by molar-refractivity contribution is 5.80. The number of benzene rings is 1. The third-order valence-corrected chi connectivity index (χ3v) is 6.86. The van der Waals surface area contributed by atoms with Crippen LogP contribution in [0.2, 0.25) is 0 Å². The summed E-state index contributed by atoms with van der Waals surface area (Å²) in [6, 6.07) is 11.1. The SMILES string of the molecule is O=C(Cc1cccc(-n2ccnc2)c1)Cn1nc(N2CCC3(CCC3)CC2)ccc1=O. The monoisotopic (exact) mass is 417 g/mol. The van der Waals surface area contributed by atoms with E-state index in [9.17, 15) is 9.59 Å². The number of anilines is 1. The lowest BCUT2D eigenvalue weighted by Crippen LogP contribution is -2.44. The summed E-state index contributed by atoms with van der Waals surface area (Å²) in [7, 11) is 0. The number of carbonyl (C=O) groups is 1. The average Bonchev–Trinajstić information content (AvgIpc) is 3.30. The Labute approximate surface area is 181 Å². The molecule has 0 N–H and O–H groups in total. The van der Waals surface area contributed by atoms with Crippen LogP contribution in [0.3, 0.4) is 0 Å². The lowest BCUT2D eigenvalue weighted by Gasteiger charge is -2.48. The second-order valence-electron chi connectivity index (χ2n) is 8.88. The number of hydrogen-bond acceptors (Lipinski definition) is 5. The fraction of sp³-hybridized carbons (Fsp3) is 0.417. The number of nitrogens with zero attached hydrogens (tertiary/aromatic N) is 5. The molecule has 1 saturated carbocycles. The number of imidazole rings is 1. The highest BCUT2D eigenvalue weighted by atomic mass is 16.1. The van der Waals surface area contributed by atoms with Crippen LogP contribution >= 0.6 is 0 Å². The summed E-state index contributed by atoms with van der Waals surface area (Å²) in [5.41, 5.74) is 2.18. The van der Waals surface area contributed by atoms with Crippen molar-refractivity contribution in [1.82, 2.24) is 19.3 Å². The number of ketones is 1. The smallest absolute Gasteiger partial charge is 0.267 e. The van der Waals surface area contributed by atoms with Crippen molar-refractivity contribution >= 4 is 11.6 Å². The molecule has 160 valence electrons. The van der Waals surface area contributed by atoms with Crippen molar-refractivity contribution in [2.45, 2.75) is 45.1 Å². The van der Waals surface area contributed by atoms with E-state index in [-0.39, 0.29) is 24.3 Å². The number of Topliss-reactive ketones (excluding diaryl/α,β-unsaturated/α-hetero) is 1. The first-order valence-electron chi connectivity index (χ1n) is 11.0. The van der Waals surface area contributed by atoms with Gasteiger partial charge in [0.05, 0.1) is 6.33 Å². The van der Waals surface area contributed by atoms with Gasteiger partial charge in [-0.1, -0.05) is 18.6 Å². The fourth-order valence-electron chi connectivity index (χ4n) is 4.80. The van der Waals surface area contributed by atoms with Crippen molar-refractivity contribution in [2.24, 2.45) is 5.41 Å². The van der Waals surface area contributed by atoms with E-state index in [2.05, 4.69) is 15.0 Å². The van der Waals surface area contributed by atoms with E-state index in [4.69, 9.17) is 0 Å². The summed E-state index contributed by atoms with van der Waals surface area (Å²) >= 11 is 0. The molecule has 1 aromatic carbocycles. The normalized spacial score (nSPS) is 17.5. The molecule has 7 nitrogen and oxygen atoms in total. The lowest BCUT2D eigenvalue weighted by molar-refractivity contribution is -0.119. The first-order chi connectivity index (χ1) is 15.1. The Morgan fingerprint density at radius 1 is 1.06 bits per heavy atom. The van der Waals surface area contributed by atoms with Crippen LogP contribution in [0.15, 0.2) is 59.9 Å². The zero-order valence-corrected chi connectivity index (χ0v) is 17.6. The van der Waals surface area contributed by atoms with Crippen LogP contribution in [-0.2, 0) is 17.8 Å². The van der Waals surface area contributed by atoms with E-state index >= 15 is 0 Å². The van der Waals surface area contributed by atoms with E-state index in [1.165, 1.54) is 42.9 Å². The van der Waals surface area contributed by atoms with Gasteiger partial charge in [0.25, 0.3) is 5.56 Å². The number of carbonyl (C=O) groups excluding carboxylic acids is 1. The fourth-order valence-corrected chi connectivity index (χ4v) is 4.80. The predicted molar refractivity (Wildman–Crippen MR) is 119 cm³/mol. The topological polar surface area (TPSA) is 73.0 Å². The van der Waals surface area contributed by atoms with E-state index in [1.54, 1.807) is 18.6 Å². The molecule has 0 radical (unpaired) electrons. The predicted octanol–water partition coefficient (Wildman–Crippen LogP) is 3.01. The summed E-state index contributed by atoms with van der Waals surface area (Å²) < 4.78 is 3.21. The van der Waals surface area contributed by atoms with Gasteiger partial charge in [0, 0.05) is 43.7 Å². The Hall–Kier alpha value is -3.22. The maximum Gasteiger partial charge on any atom is 0.267 e. The average molecular weight is 418 g/mol. The third kappa shape index (κ3) is 4.17. The summed E-state index contributed by atoms with van der Waals surface area (Å²) in [4.78, 5) is 31.4. The van der Waals surface area contributed by atoms with Gasteiger partial charge in [-0.2, -0.15) is 5.10 Å². The molecule has 0 amide bonds. The van der Waals surface area contributed by atoms with Gasteiger partial charge in [0.15, 0.2) is 5.78 Å². The molecular formula is C24H27N5O2. The lowest BCUT2D eigenvalue weighted by atomic mass is 9.63. The summed E-state index contributed by atoms with van der Waals surface area (Å²) in [6.07, 6.45) is 12.0. The van der Waals surface area contributed by atoms with Gasteiger partial charge in [-0.3, -0.25) is 9.59 Å². The van der Waals surface area contributed by atoms with E-state index < -0.39 is 0 Å². The van der Waals surface area contributed by atoms with Gasteiger partial charge in [-0.25, -0.2) is 9.67 Å². The van der Waals surface area contributed by atoms with Crippen molar-refractivity contribution < 1.29 is 4.79 Å². The van der Waals surface area contributed by atoms with E-state index in [0.29, 0.717) is 5.41 Å². The van der Waals surface area contributed by atoms with Crippen molar-refractivity contribution in [3.8, 4) is 5.69 Å². The van der Waals surface area contributed by atoms with Crippen LogP contribution in [0.25, 0.3) is 5.69 Å². The van der Waals surface area contributed by atoms with E-state index in [1.807, 2.05) is 35.0 Å². The molecule has 0 bridgehead atoms. The number of aromatic nitrogens is 4. The molecule has 3 aromatic rings. The Bertz CT molecular complexity index is 1120. The van der Waals surface area contributed by atoms with Crippen LogP contribution in [0.5, 0.6) is 0 Å². The molecule has 2 fully saturated rings. The van der Waals surface area contributed by atoms with Gasteiger partial charge in [-0.15, -0.1) is 0 Å². The summed E-state index contributed by atoms with van der Waals surface area (Å²) in [5, 5.41) is 4.52. The first-order valence-corrected chi connectivity index (χ1v) is 11.0. The molecule has 7 heteroatoms. The molecule has 1 aliphatic heterocycles. The van der Waals surface area contributed by atoms with Gasteiger partial charge in [0.2, 0.25) is 0 Å². The Balaban J connectivity index is 1.26. The largest absolute Gasteiger partial charge is 0.355 e. The van der Waals surface area contributed by atoms with Gasteiger partial charge in [0.1, 0.15) is 12.4 Å². The molecule has 1 aliphatic carbocycles. The molecule has 5 rings (SSSR count). The molecule has 1 spiro atoms. The second-order valence-corrected chi connectivity index (χ2v) is 8.88. The quantitative estimate of drug-likeness (QED) is 0.616. The van der Waals surface area contributed by atoms with Gasteiger partial charge >= 0.3 is 0 Å². The number of hydrogen-bond donors (Lipinski definition) is 0. The van der Waals surface area contributed by atoms with Crippen molar-refractivity contribution in [3.63, 3.8) is 0 Å². The van der Waals surface area contributed by atoms with Crippen molar-refractivity contribution in [2.75, 3.05) is 18.0 Å². The molecule has 31 heavy (non-hydrogen) atoms. The second kappa shape index (κ2) is 8.13. The molecule has 0 unspecified atom stereocenters. The van der Waals surface area contributed by atoms with Crippen LogP contribution in [-0.4, -0.2) is 38.2 Å². The van der Waals surface area contributed by atoms with Crippen molar-refractivity contribution in [3.05, 3.63) is 71.0 Å². The number of rotatable bonds is 6. The van der Waals surface area contributed by atoms with Crippen LogP contribution in [0.4, 0.5) is 5.82 Å².